The molecule has 0 unspecified atom stereocenters. The molecule has 2 aromatic carbocycles. The number of benzene rings is 2. The van der Waals surface area contributed by atoms with Gasteiger partial charge in [-0.2, -0.15) is 0 Å². The van der Waals surface area contributed by atoms with Crippen molar-refractivity contribution in [2.24, 2.45) is 0 Å². The Morgan fingerprint density at radius 3 is 1.93 bits per heavy atom. The van der Waals surface area contributed by atoms with Crippen LogP contribution in [0, 0.1) is 0 Å². The van der Waals surface area contributed by atoms with Crippen molar-refractivity contribution in [1.29, 1.82) is 0 Å². The van der Waals surface area contributed by atoms with Gasteiger partial charge in [-0.3, -0.25) is 4.79 Å². The van der Waals surface area contributed by atoms with E-state index in [-0.39, 0.29) is 11.9 Å². The largest absolute Gasteiger partial charge is 0.462 e. The minimum absolute atomic E-state index is 0.0198. The number of carbonyl (C=O) groups is 2. The molecule has 2 rings (SSSR count). The van der Waals surface area contributed by atoms with Crippen LogP contribution in [0.4, 0.5) is 0 Å². The van der Waals surface area contributed by atoms with Crippen LogP contribution >= 0.6 is 0 Å². The quantitative estimate of drug-likeness (QED) is 0.445. The summed E-state index contributed by atoms with van der Waals surface area (Å²) in [6.45, 7) is 2.95. The van der Waals surface area contributed by atoms with Crippen LogP contribution in [0.25, 0.3) is 0 Å². The molecule has 0 saturated carbocycles. The Kier molecular flexibility index (Phi) is 9.68. The molecular weight excluding hydrogens is 340 g/mol. The monoisotopic (exact) mass is 368 g/mol. The van der Waals surface area contributed by atoms with Crippen molar-refractivity contribution in [3.63, 3.8) is 0 Å². The number of amides is 1. The van der Waals surface area contributed by atoms with E-state index in [2.05, 4.69) is 10.6 Å². The summed E-state index contributed by atoms with van der Waals surface area (Å²) in [6, 6.07) is 18.3. The Morgan fingerprint density at radius 1 is 0.704 bits per heavy atom. The molecule has 0 aliphatic carbocycles. The van der Waals surface area contributed by atoms with Gasteiger partial charge in [-0.1, -0.05) is 36.4 Å². The summed E-state index contributed by atoms with van der Waals surface area (Å²) in [5.74, 6) is -0.283. The normalized spacial score (nSPS) is 10.4. The van der Waals surface area contributed by atoms with Gasteiger partial charge in [-0.25, -0.2) is 4.79 Å². The van der Waals surface area contributed by atoms with E-state index >= 15 is 0 Å². The molecule has 0 bridgehead atoms. The van der Waals surface area contributed by atoms with Crippen LogP contribution in [0.1, 0.15) is 46.4 Å². The minimum atomic E-state index is -0.263. The van der Waals surface area contributed by atoms with Crippen LogP contribution in [0.3, 0.4) is 0 Å². The van der Waals surface area contributed by atoms with Crippen molar-refractivity contribution in [1.82, 2.24) is 10.6 Å². The zero-order chi connectivity index (χ0) is 19.2. The molecule has 0 aromatic heterocycles. The van der Waals surface area contributed by atoms with Gasteiger partial charge in [0.25, 0.3) is 5.91 Å². The molecule has 0 aliphatic heterocycles. The van der Waals surface area contributed by atoms with E-state index in [9.17, 15) is 9.59 Å². The molecule has 0 heterocycles. The molecule has 1 amide bonds. The fourth-order valence-corrected chi connectivity index (χ4v) is 2.57. The number of nitrogens with one attached hydrogen (secondary N) is 2. The highest BCUT2D eigenvalue weighted by atomic mass is 16.5. The SMILES string of the molecule is O=C(NCCCCNCCCCOC(=O)c1ccccc1)c1ccccc1. The van der Waals surface area contributed by atoms with Gasteiger partial charge in [-0.15, -0.1) is 0 Å². The molecular formula is C22H28N2O3. The maximum atomic E-state index is 11.9. The zero-order valence-corrected chi connectivity index (χ0v) is 15.7. The predicted octanol–water partition coefficient (Wildman–Crippen LogP) is 3.42. The molecule has 0 fully saturated rings. The molecule has 27 heavy (non-hydrogen) atoms. The summed E-state index contributed by atoms with van der Waals surface area (Å²) >= 11 is 0. The first-order valence-corrected chi connectivity index (χ1v) is 9.53. The Labute approximate surface area is 161 Å². The number of hydrogen-bond acceptors (Lipinski definition) is 4. The van der Waals surface area contributed by atoms with Crippen molar-refractivity contribution in [2.45, 2.75) is 25.7 Å². The Hall–Kier alpha value is -2.66. The lowest BCUT2D eigenvalue weighted by atomic mass is 10.2. The van der Waals surface area contributed by atoms with Crippen molar-refractivity contribution >= 4 is 11.9 Å². The predicted molar refractivity (Wildman–Crippen MR) is 107 cm³/mol. The van der Waals surface area contributed by atoms with Gasteiger partial charge in [-0.05, 0) is 63.0 Å². The van der Waals surface area contributed by atoms with E-state index in [1.54, 1.807) is 12.1 Å². The van der Waals surface area contributed by atoms with Crippen LogP contribution in [0.5, 0.6) is 0 Å². The van der Waals surface area contributed by atoms with E-state index in [0.717, 1.165) is 38.8 Å². The Balaban J connectivity index is 1.39. The van der Waals surface area contributed by atoms with Crippen LogP contribution in [-0.4, -0.2) is 38.1 Å². The molecule has 0 aliphatic rings. The average Bonchev–Trinajstić information content (AvgIpc) is 2.73. The Bertz CT molecular complexity index is 615. The summed E-state index contributed by atoms with van der Waals surface area (Å²) in [7, 11) is 0. The van der Waals surface area contributed by atoms with Crippen molar-refractivity contribution in [2.75, 3.05) is 26.2 Å². The van der Waals surface area contributed by atoms with Gasteiger partial charge in [0.05, 0.1) is 12.2 Å². The van der Waals surface area contributed by atoms with E-state index in [4.69, 9.17) is 4.74 Å². The Morgan fingerprint density at radius 2 is 1.26 bits per heavy atom. The van der Waals surface area contributed by atoms with Crippen molar-refractivity contribution in [3.8, 4) is 0 Å². The molecule has 144 valence electrons. The topological polar surface area (TPSA) is 67.4 Å². The van der Waals surface area contributed by atoms with Crippen molar-refractivity contribution in [3.05, 3.63) is 71.8 Å². The molecule has 2 N–H and O–H groups in total. The van der Waals surface area contributed by atoms with Crippen LogP contribution in [0.2, 0.25) is 0 Å². The number of esters is 1. The lowest BCUT2D eigenvalue weighted by Crippen LogP contribution is -2.25. The number of unbranched alkanes of at least 4 members (excludes halogenated alkanes) is 2. The first-order valence-electron chi connectivity index (χ1n) is 9.53. The number of ether oxygens (including phenoxy) is 1. The fourth-order valence-electron chi connectivity index (χ4n) is 2.57. The van der Waals surface area contributed by atoms with Crippen LogP contribution in [0.15, 0.2) is 60.7 Å². The lowest BCUT2D eigenvalue weighted by Gasteiger charge is -2.07. The van der Waals surface area contributed by atoms with Crippen LogP contribution in [-0.2, 0) is 4.74 Å². The summed E-state index contributed by atoms with van der Waals surface area (Å²) in [6.07, 6.45) is 3.77. The van der Waals surface area contributed by atoms with Gasteiger partial charge in [0.2, 0.25) is 0 Å². The van der Waals surface area contributed by atoms with Gasteiger partial charge >= 0.3 is 5.97 Å². The smallest absolute Gasteiger partial charge is 0.338 e. The highest BCUT2D eigenvalue weighted by Crippen LogP contribution is 2.02. The fraction of sp³-hybridized carbons (Fsp3) is 0.364. The summed E-state index contributed by atoms with van der Waals surface area (Å²) in [5.41, 5.74) is 1.29. The third-order valence-electron chi connectivity index (χ3n) is 4.09. The number of carbonyl (C=O) groups excluding carboxylic acids is 2. The molecule has 0 saturated heterocycles. The van der Waals surface area contributed by atoms with E-state index in [1.165, 1.54) is 0 Å². The highest BCUT2D eigenvalue weighted by molar-refractivity contribution is 5.94. The summed E-state index contributed by atoms with van der Waals surface area (Å²) in [4.78, 5) is 23.6. The van der Waals surface area contributed by atoms with Gasteiger partial charge < -0.3 is 15.4 Å². The summed E-state index contributed by atoms with van der Waals surface area (Å²) in [5, 5.41) is 6.30. The van der Waals surface area contributed by atoms with Crippen molar-refractivity contribution < 1.29 is 14.3 Å². The minimum Gasteiger partial charge on any atom is -0.462 e. The second kappa shape index (κ2) is 12.7. The van der Waals surface area contributed by atoms with Gasteiger partial charge in [0, 0.05) is 12.1 Å². The van der Waals surface area contributed by atoms with E-state index in [1.807, 2.05) is 48.5 Å². The molecule has 5 nitrogen and oxygen atoms in total. The number of hydrogen-bond donors (Lipinski definition) is 2. The summed E-state index contributed by atoms with van der Waals surface area (Å²) < 4.78 is 5.24. The van der Waals surface area contributed by atoms with E-state index in [0.29, 0.717) is 24.3 Å². The highest BCUT2D eigenvalue weighted by Gasteiger charge is 2.05. The maximum Gasteiger partial charge on any atom is 0.338 e. The zero-order valence-electron chi connectivity index (χ0n) is 15.7. The number of rotatable bonds is 12. The maximum absolute atomic E-state index is 11.9. The second-order valence-corrected chi connectivity index (χ2v) is 6.29. The van der Waals surface area contributed by atoms with Gasteiger partial charge in [0.1, 0.15) is 0 Å². The molecule has 2 aromatic rings. The third kappa shape index (κ3) is 8.51. The average molecular weight is 368 g/mol. The first kappa shape index (κ1) is 20.6. The third-order valence-corrected chi connectivity index (χ3v) is 4.09. The van der Waals surface area contributed by atoms with E-state index < -0.39 is 0 Å². The standard InChI is InChI=1S/C22H28N2O3/c25-21(19-11-3-1-4-12-19)24-17-8-7-15-23-16-9-10-18-27-22(26)20-13-5-2-6-14-20/h1-6,11-14,23H,7-10,15-18H2,(H,24,25). The molecule has 5 heteroatoms. The van der Waals surface area contributed by atoms with Gasteiger partial charge in [0.15, 0.2) is 0 Å². The first-order chi connectivity index (χ1) is 13.3. The second-order valence-electron chi connectivity index (χ2n) is 6.29. The molecule has 0 radical (unpaired) electrons. The molecule has 0 atom stereocenters. The lowest BCUT2D eigenvalue weighted by molar-refractivity contribution is 0.0498. The van der Waals surface area contributed by atoms with Crippen LogP contribution < -0.4 is 10.6 Å². The molecule has 0 spiro atoms.